The summed E-state index contributed by atoms with van der Waals surface area (Å²) in [6.07, 6.45) is 0. The van der Waals surface area contributed by atoms with E-state index in [4.69, 9.17) is 0 Å². The van der Waals surface area contributed by atoms with Crippen LogP contribution < -0.4 is 0 Å². The first-order valence-electron chi connectivity index (χ1n) is 5.90. The van der Waals surface area contributed by atoms with Crippen molar-refractivity contribution in [1.29, 1.82) is 0 Å². The van der Waals surface area contributed by atoms with Gasteiger partial charge in [-0.15, -0.1) is 11.8 Å². The molecule has 0 heterocycles. The monoisotopic (exact) mass is 251 g/mol. The number of thioether (sulfide) groups is 1. The predicted octanol–water partition coefficient (Wildman–Crippen LogP) is 3.00. The molecule has 1 amide bonds. The van der Waals surface area contributed by atoms with Gasteiger partial charge in [0.2, 0.25) is 5.91 Å². The Morgan fingerprint density at radius 1 is 1.24 bits per heavy atom. The minimum Gasteiger partial charge on any atom is -0.348 e. The van der Waals surface area contributed by atoms with Crippen LogP contribution in [0.15, 0.2) is 30.3 Å². The molecule has 0 aliphatic rings. The van der Waals surface area contributed by atoms with Gasteiger partial charge in [0, 0.05) is 19.8 Å². The molecule has 1 rings (SSSR count). The highest BCUT2D eigenvalue weighted by atomic mass is 32.2. The molecule has 0 radical (unpaired) electrons. The third kappa shape index (κ3) is 4.43. The standard InChI is InChI=1S/C14H21NOS/c1-11(13-8-6-5-7-9-13)10-17-12(2)14(16)15(3)4/h5-9,11-12H,10H2,1-4H3. The Labute approximate surface area is 108 Å². The SMILES string of the molecule is CC(SCC(C)c1ccccc1)C(=O)N(C)C. The lowest BCUT2D eigenvalue weighted by atomic mass is 10.0. The van der Waals surface area contributed by atoms with Crippen molar-refractivity contribution in [3.63, 3.8) is 0 Å². The van der Waals surface area contributed by atoms with E-state index in [0.717, 1.165) is 5.75 Å². The van der Waals surface area contributed by atoms with Crippen molar-refractivity contribution in [3.8, 4) is 0 Å². The number of amides is 1. The molecule has 2 unspecified atom stereocenters. The molecule has 2 atom stereocenters. The number of rotatable bonds is 5. The third-order valence-corrected chi connectivity index (χ3v) is 4.15. The molecule has 0 spiro atoms. The normalized spacial score (nSPS) is 14.1. The number of carbonyl (C=O) groups excluding carboxylic acids is 1. The van der Waals surface area contributed by atoms with E-state index in [1.807, 2.05) is 13.0 Å². The maximum absolute atomic E-state index is 11.7. The largest absolute Gasteiger partial charge is 0.348 e. The van der Waals surface area contributed by atoms with Crippen LogP contribution in [0, 0.1) is 0 Å². The lowest BCUT2D eigenvalue weighted by molar-refractivity contribution is -0.127. The van der Waals surface area contributed by atoms with Crippen LogP contribution in [0.2, 0.25) is 0 Å². The molecule has 0 saturated carbocycles. The first kappa shape index (κ1) is 14.1. The van der Waals surface area contributed by atoms with Gasteiger partial charge in [0.15, 0.2) is 0 Å². The molecule has 0 fully saturated rings. The average molecular weight is 251 g/mol. The Kier molecular flexibility index (Phi) is 5.56. The molecule has 0 aliphatic carbocycles. The Bertz CT molecular complexity index is 350. The lowest BCUT2D eigenvalue weighted by Crippen LogP contribution is -2.30. The van der Waals surface area contributed by atoms with Gasteiger partial charge in [-0.1, -0.05) is 37.3 Å². The molecule has 0 bridgehead atoms. The van der Waals surface area contributed by atoms with Crippen molar-refractivity contribution in [1.82, 2.24) is 4.90 Å². The molecule has 0 saturated heterocycles. The van der Waals surface area contributed by atoms with Crippen molar-refractivity contribution in [2.24, 2.45) is 0 Å². The van der Waals surface area contributed by atoms with Gasteiger partial charge in [-0.25, -0.2) is 0 Å². The highest BCUT2D eigenvalue weighted by Gasteiger charge is 2.16. The molecule has 94 valence electrons. The Morgan fingerprint density at radius 3 is 2.35 bits per heavy atom. The van der Waals surface area contributed by atoms with E-state index in [9.17, 15) is 4.79 Å². The van der Waals surface area contributed by atoms with Crippen molar-refractivity contribution < 1.29 is 4.79 Å². The summed E-state index contributed by atoms with van der Waals surface area (Å²) in [5, 5.41) is 0.0381. The summed E-state index contributed by atoms with van der Waals surface area (Å²) in [6, 6.07) is 10.4. The Balaban J connectivity index is 2.44. The van der Waals surface area contributed by atoms with E-state index in [0.29, 0.717) is 5.92 Å². The molecule has 3 heteroatoms. The predicted molar refractivity (Wildman–Crippen MR) is 75.5 cm³/mol. The van der Waals surface area contributed by atoms with Gasteiger partial charge in [0.05, 0.1) is 5.25 Å². The molecule has 17 heavy (non-hydrogen) atoms. The van der Waals surface area contributed by atoms with Crippen LogP contribution in [0.5, 0.6) is 0 Å². The zero-order chi connectivity index (χ0) is 12.8. The number of hydrogen-bond acceptors (Lipinski definition) is 2. The second-order valence-electron chi connectivity index (χ2n) is 4.52. The van der Waals surface area contributed by atoms with E-state index >= 15 is 0 Å². The van der Waals surface area contributed by atoms with Crippen molar-refractivity contribution in [2.75, 3.05) is 19.8 Å². The van der Waals surface area contributed by atoms with Gasteiger partial charge in [-0.3, -0.25) is 4.79 Å². The molecular weight excluding hydrogens is 230 g/mol. The van der Waals surface area contributed by atoms with Crippen molar-refractivity contribution >= 4 is 17.7 Å². The second kappa shape index (κ2) is 6.70. The molecule has 1 aromatic rings. The number of benzene rings is 1. The fourth-order valence-electron chi connectivity index (χ4n) is 1.60. The van der Waals surface area contributed by atoms with Crippen LogP contribution in [0.4, 0.5) is 0 Å². The number of carbonyl (C=O) groups is 1. The van der Waals surface area contributed by atoms with Crippen LogP contribution in [0.1, 0.15) is 25.3 Å². The second-order valence-corrected chi connectivity index (χ2v) is 5.89. The van der Waals surface area contributed by atoms with Crippen LogP contribution in [-0.2, 0) is 4.79 Å². The fraction of sp³-hybridized carbons (Fsp3) is 0.500. The molecule has 0 N–H and O–H groups in total. The third-order valence-electron chi connectivity index (χ3n) is 2.75. The number of nitrogens with zero attached hydrogens (tertiary/aromatic N) is 1. The van der Waals surface area contributed by atoms with Gasteiger partial charge < -0.3 is 4.90 Å². The van der Waals surface area contributed by atoms with Crippen LogP contribution in [0.25, 0.3) is 0 Å². The smallest absolute Gasteiger partial charge is 0.234 e. The Hall–Kier alpha value is -0.960. The van der Waals surface area contributed by atoms with Crippen LogP contribution >= 0.6 is 11.8 Å². The molecule has 0 aromatic heterocycles. The van der Waals surface area contributed by atoms with Crippen LogP contribution in [0.3, 0.4) is 0 Å². The van der Waals surface area contributed by atoms with Crippen molar-refractivity contribution in [3.05, 3.63) is 35.9 Å². The summed E-state index contributed by atoms with van der Waals surface area (Å²) in [5.41, 5.74) is 1.34. The average Bonchev–Trinajstić information content (AvgIpc) is 2.35. The molecule has 1 aromatic carbocycles. The maximum Gasteiger partial charge on any atom is 0.234 e. The van der Waals surface area contributed by atoms with Gasteiger partial charge in [-0.05, 0) is 18.4 Å². The summed E-state index contributed by atoms with van der Waals surface area (Å²) in [5.74, 6) is 1.65. The summed E-state index contributed by atoms with van der Waals surface area (Å²) >= 11 is 1.72. The highest BCUT2D eigenvalue weighted by molar-refractivity contribution is 8.00. The molecular formula is C14H21NOS. The molecule has 2 nitrogen and oxygen atoms in total. The summed E-state index contributed by atoms with van der Waals surface area (Å²) in [6.45, 7) is 4.18. The Morgan fingerprint density at radius 2 is 1.82 bits per heavy atom. The van der Waals surface area contributed by atoms with E-state index in [-0.39, 0.29) is 11.2 Å². The van der Waals surface area contributed by atoms with Gasteiger partial charge in [-0.2, -0.15) is 0 Å². The minimum atomic E-state index is 0.0381. The fourth-order valence-corrected chi connectivity index (χ4v) is 2.72. The van der Waals surface area contributed by atoms with Crippen LogP contribution in [-0.4, -0.2) is 35.9 Å². The zero-order valence-electron chi connectivity index (χ0n) is 11.0. The lowest BCUT2D eigenvalue weighted by Gasteiger charge is -2.18. The highest BCUT2D eigenvalue weighted by Crippen LogP contribution is 2.23. The first-order chi connectivity index (χ1) is 8.02. The summed E-state index contributed by atoms with van der Waals surface area (Å²) in [4.78, 5) is 13.4. The zero-order valence-corrected chi connectivity index (χ0v) is 11.8. The first-order valence-corrected chi connectivity index (χ1v) is 6.95. The van der Waals surface area contributed by atoms with Gasteiger partial charge >= 0.3 is 0 Å². The maximum atomic E-state index is 11.7. The summed E-state index contributed by atoms with van der Waals surface area (Å²) < 4.78 is 0. The topological polar surface area (TPSA) is 20.3 Å². The van der Waals surface area contributed by atoms with E-state index < -0.39 is 0 Å². The minimum absolute atomic E-state index is 0.0381. The summed E-state index contributed by atoms with van der Waals surface area (Å²) in [7, 11) is 3.61. The van der Waals surface area contributed by atoms with Gasteiger partial charge in [0.1, 0.15) is 0 Å². The molecule has 0 aliphatic heterocycles. The quantitative estimate of drug-likeness (QED) is 0.802. The van der Waals surface area contributed by atoms with E-state index in [1.54, 1.807) is 30.8 Å². The number of hydrogen-bond donors (Lipinski definition) is 0. The van der Waals surface area contributed by atoms with Gasteiger partial charge in [0.25, 0.3) is 0 Å². The van der Waals surface area contributed by atoms with E-state index in [2.05, 4.69) is 31.2 Å². The van der Waals surface area contributed by atoms with Crippen molar-refractivity contribution in [2.45, 2.75) is 25.0 Å². The van der Waals surface area contributed by atoms with E-state index in [1.165, 1.54) is 5.56 Å².